The van der Waals surface area contributed by atoms with Gasteiger partial charge in [0.25, 0.3) is 11.1 Å². The van der Waals surface area contributed by atoms with E-state index >= 15 is 0 Å². The van der Waals surface area contributed by atoms with Gasteiger partial charge >= 0.3 is 0 Å². The second-order valence-corrected chi connectivity index (χ2v) is 9.74. The second kappa shape index (κ2) is 8.92. The van der Waals surface area contributed by atoms with Gasteiger partial charge < -0.3 is 4.57 Å². The van der Waals surface area contributed by atoms with Crippen LogP contribution in [0.15, 0.2) is 71.6 Å². The number of halogens is 3. The van der Waals surface area contributed by atoms with E-state index in [0.29, 0.717) is 26.5 Å². The molecule has 0 radical (unpaired) electrons. The van der Waals surface area contributed by atoms with Crippen molar-refractivity contribution in [1.82, 2.24) is 9.88 Å². The van der Waals surface area contributed by atoms with Crippen LogP contribution in [0.25, 0.3) is 28.2 Å². The minimum atomic E-state index is -0.395. The van der Waals surface area contributed by atoms with Crippen molar-refractivity contribution in [2.75, 3.05) is 0 Å². The molecule has 1 aliphatic rings. The molecule has 0 bridgehead atoms. The smallest absolute Gasteiger partial charge is 0.290 e. The molecule has 1 saturated heterocycles. The number of hydrogen-bond donors (Lipinski definition) is 1. The molecule has 1 N–H and O–H groups in total. The Hall–Kier alpha value is -2.70. The van der Waals surface area contributed by atoms with Crippen molar-refractivity contribution in [3.8, 4) is 11.3 Å². The molecule has 2 amide bonds. The number of rotatable bonds is 4. The predicted octanol–water partition coefficient (Wildman–Crippen LogP) is 7.64. The van der Waals surface area contributed by atoms with E-state index in [0.717, 1.165) is 45.0 Å². The Morgan fingerprint density at radius 3 is 2.36 bits per heavy atom. The maximum atomic E-state index is 12.3. The molecular weight excluding hydrogens is 499 g/mol. The number of benzene rings is 3. The van der Waals surface area contributed by atoms with Crippen molar-refractivity contribution in [1.29, 1.82) is 0 Å². The summed E-state index contributed by atoms with van der Waals surface area (Å²) in [5, 5.41) is 4.52. The molecule has 164 valence electrons. The maximum absolute atomic E-state index is 12.3. The Bertz CT molecular complexity index is 1460. The molecule has 0 saturated carbocycles. The first-order valence-corrected chi connectivity index (χ1v) is 11.9. The van der Waals surface area contributed by atoms with Gasteiger partial charge in [-0.2, -0.15) is 0 Å². The average molecular weight is 514 g/mol. The van der Waals surface area contributed by atoms with E-state index in [4.69, 9.17) is 34.8 Å². The Labute approximate surface area is 209 Å². The highest BCUT2D eigenvalue weighted by atomic mass is 35.5. The summed E-state index contributed by atoms with van der Waals surface area (Å²) in [4.78, 5) is 24.4. The first-order chi connectivity index (χ1) is 15.9. The van der Waals surface area contributed by atoms with Gasteiger partial charge in [0.1, 0.15) is 0 Å². The molecule has 0 spiro atoms. The van der Waals surface area contributed by atoms with Crippen LogP contribution in [0.5, 0.6) is 0 Å². The van der Waals surface area contributed by atoms with Gasteiger partial charge in [0.15, 0.2) is 0 Å². The zero-order valence-corrected chi connectivity index (χ0v) is 20.0. The number of thioether (sulfide) groups is 1. The zero-order chi connectivity index (χ0) is 23.1. The SMILES string of the molecule is O=C1NC(=O)/C(=C/c2c(-c3ccc(Cl)cc3)n(Cc3ccc(Cl)c(Cl)c3)c3ccccc23)S1. The second-order valence-electron chi connectivity index (χ2n) is 7.47. The van der Waals surface area contributed by atoms with Crippen LogP contribution in [0.1, 0.15) is 11.1 Å². The number of nitrogens with one attached hydrogen (secondary N) is 1. The minimum Gasteiger partial charge on any atom is -0.335 e. The van der Waals surface area contributed by atoms with Gasteiger partial charge in [0, 0.05) is 28.0 Å². The number of nitrogens with zero attached hydrogens (tertiary/aromatic N) is 1. The predicted molar refractivity (Wildman–Crippen MR) is 137 cm³/mol. The van der Waals surface area contributed by atoms with E-state index in [-0.39, 0.29) is 5.24 Å². The number of amides is 2. The number of carbonyl (C=O) groups is 2. The van der Waals surface area contributed by atoms with Gasteiger partial charge in [-0.05, 0) is 59.3 Å². The first kappa shape index (κ1) is 22.1. The maximum Gasteiger partial charge on any atom is 0.290 e. The van der Waals surface area contributed by atoms with Gasteiger partial charge in [-0.1, -0.05) is 71.2 Å². The van der Waals surface area contributed by atoms with Crippen molar-refractivity contribution in [2.45, 2.75) is 6.54 Å². The third kappa shape index (κ3) is 4.30. The van der Waals surface area contributed by atoms with E-state index in [1.54, 1.807) is 12.1 Å². The summed E-state index contributed by atoms with van der Waals surface area (Å²) in [5.74, 6) is -0.395. The summed E-state index contributed by atoms with van der Waals surface area (Å²) in [5.41, 5.74) is 4.63. The van der Waals surface area contributed by atoms with Crippen LogP contribution >= 0.6 is 46.6 Å². The first-order valence-electron chi connectivity index (χ1n) is 9.96. The minimum absolute atomic E-state index is 0.354. The molecule has 3 aromatic carbocycles. The Morgan fingerprint density at radius 2 is 1.67 bits per heavy atom. The fraction of sp³-hybridized carbons (Fsp3) is 0.0400. The summed E-state index contributed by atoms with van der Waals surface area (Å²) in [6.07, 6.45) is 1.78. The molecule has 1 aliphatic heterocycles. The number of imide groups is 1. The topological polar surface area (TPSA) is 51.1 Å². The van der Waals surface area contributed by atoms with Crippen molar-refractivity contribution in [3.05, 3.63) is 97.8 Å². The van der Waals surface area contributed by atoms with E-state index in [1.165, 1.54) is 0 Å². The van der Waals surface area contributed by atoms with Crippen LogP contribution < -0.4 is 5.32 Å². The van der Waals surface area contributed by atoms with Crippen LogP contribution in [0.2, 0.25) is 15.1 Å². The molecule has 2 heterocycles. The van der Waals surface area contributed by atoms with E-state index in [2.05, 4.69) is 9.88 Å². The van der Waals surface area contributed by atoms with Crippen molar-refractivity contribution in [3.63, 3.8) is 0 Å². The molecule has 1 aromatic heterocycles. The zero-order valence-electron chi connectivity index (χ0n) is 16.9. The number of carbonyl (C=O) groups excluding carboxylic acids is 2. The number of aromatic nitrogens is 1. The van der Waals surface area contributed by atoms with E-state index in [9.17, 15) is 9.59 Å². The monoisotopic (exact) mass is 512 g/mol. The molecular formula is C25H15Cl3N2O2S. The summed E-state index contributed by atoms with van der Waals surface area (Å²) in [6.45, 7) is 0.525. The Morgan fingerprint density at radius 1 is 0.909 bits per heavy atom. The lowest BCUT2D eigenvalue weighted by molar-refractivity contribution is -0.115. The van der Waals surface area contributed by atoms with E-state index in [1.807, 2.05) is 60.7 Å². The molecule has 0 unspecified atom stereocenters. The highest BCUT2D eigenvalue weighted by Crippen LogP contribution is 2.39. The van der Waals surface area contributed by atoms with Crippen LogP contribution in [0, 0.1) is 0 Å². The largest absolute Gasteiger partial charge is 0.335 e. The van der Waals surface area contributed by atoms with Crippen LogP contribution in [0.3, 0.4) is 0 Å². The molecule has 0 atom stereocenters. The quantitative estimate of drug-likeness (QED) is 0.285. The fourth-order valence-corrected chi connectivity index (χ4v) is 5.04. The third-order valence-electron chi connectivity index (χ3n) is 5.37. The third-order valence-corrected chi connectivity index (χ3v) is 7.17. The van der Waals surface area contributed by atoms with E-state index < -0.39 is 5.91 Å². The number of para-hydroxylation sites is 1. The molecule has 1 fully saturated rings. The molecule has 5 rings (SSSR count). The highest BCUT2D eigenvalue weighted by Gasteiger charge is 2.27. The normalized spacial score (nSPS) is 14.9. The molecule has 33 heavy (non-hydrogen) atoms. The summed E-state index contributed by atoms with van der Waals surface area (Å²) < 4.78 is 2.17. The van der Waals surface area contributed by atoms with Gasteiger partial charge in [-0.15, -0.1) is 0 Å². The van der Waals surface area contributed by atoms with Crippen LogP contribution in [-0.4, -0.2) is 15.7 Å². The standard InChI is InChI=1S/C25H15Cl3N2O2S/c26-16-8-6-15(7-9-16)23-18(12-22-24(31)29-25(32)33-22)17-3-1-2-4-21(17)30(23)13-14-5-10-19(27)20(28)11-14/h1-12H,13H2,(H,29,31,32)/b22-12-. The molecule has 0 aliphatic carbocycles. The van der Waals surface area contributed by atoms with Crippen LogP contribution in [0.4, 0.5) is 4.79 Å². The average Bonchev–Trinajstić information content (AvgIpc) is 3.28. The van der Waals surface area contributed by atoms with Gasteiger partial charge in [0.2, 0.25) is 0 Å². The Kier molecular flexibility index (Phi) is 5.97. The lowest BCUT2D eigenvalue weighted by Gasteiger charge is -2.13. The number of hydrogen-bond acceptors (Lipinski definition) is 3. The van der Waals surface area contributed by atoms with Crippen molar-refractivity contribution < 1.29 is 9.59 Å². The fourth-order valence-electron chi connectivity index (χ4n) is 3.93. The number of fused-ring (bicyclic) bond motifs is 1. The molecule has 4 nitrogen and oxygen atoms in total. The molecule has 4 aromatic rings. The lowest BCUT2D eigenvalue weighted by Crippen LogP contribution is -2.17. The lowest BCUT2D eigenvalue weighted by atomic mass is 10.0. The van der Waals surface area contributed by atoms with Crippen molar-refractivity contribution >= 4 is 74.7 Å². The van der Waals surface area contributed by atoms with Crippen molar-refractivity contribution in [2.24, 2.45) is 0 Å². The summed E-state index contributed by atoms with van der Waals surface area (Å²) in [6, 6.07) is 21.1. The highest BCUT2D eigenvalue weighted by molar-refractivity contribution is 8.18. The summed E-state index contributed by atoms with van der Waals surface area (Å²) >= 11 is 19.4. The van der Waals surface area contributed by atoms with Gasteiger partial charge in [-0.25, -0.2) is 0 Å². The van der Waals surface area contributed by atoms with Gasteiger partial charge in [-0.3, -0.25) is 14.9 Å². The van der Waals surface area contributed by atoms with Crippen LogP contribution in [-0.2, 0) is 11.3 Å². The Balaban J connectivity index is 1.78. The van der Waals surface area contributed by atoms with Gasteiger partial charge in [0.05, 0.1) is 20.6 Å². The molecule has 8 heteroatoms. The summed E-state index contributed by atoms with van der Waals surface area (Å²) in [7, 11) is 0.